The number of carbonyl (C=O) groups excluding carboxylic acids is 1. The first-order valence-electron chi connectivity index (χ1n) is 9.89. The number of tetrazole rings is 1. The fourth-order valence-corrected chi connectivity index (χ4v) is 3.33. The van der Waals surface area contributed by atoms with Crippen LogP contribution in [0.4, 0.5) is 0 Å². The van der Waals surface area contributed by atoms with Gasteiger partial charge in [0.25, 0.3) is 5.91 Å². The summed E-state index contributed by atoms with van der Waals surface area (Å²) in [7, 11) is 1.63. The Hall–Kier alpha value is -4.07. The van der Waals surface area contributed by atoms with Crippen LogP contribution in [-0.4, -0.2) is 49.7 Å². The molecule has 156 valence electrons. The van der Waals surface area contributed by atoms with Crippen LogP contribution in [-0.2, 0) is 6.54 Å². The highest BCUT2D eigenvalue weighted by atomic mass is 16.5. The average Bonchev–Trinajstić information content (AvgIpc) is 3.38. The van der Waals surface area contributed by atoms with Crippen molar-refractivity contribution in [3.63, 3.8) is 0 Å². The highest BCUT2D eigenvalue weighted by Gasteiger charge is 2.18. The molecule has 31 heavy (non-hydrogen) atoms. The zero-order valence-corrected chi connectivity index (χ0v) is 17.3. The summed E-state index contributed by atoms with van der Waals surface area (Å²) in [5.41, 5.74) is 4.08. The lowest BCUT2D eigenvalue weighted by Crippen LogP contribution is -2.30. The quantitative estimate of drug-likeness (QED) is 0.461. The summed E-state index contributed by atoms with van der Waals surface area (Å²) >= 11 is 0. The molecule has 4 rings (SSSR count). The molecule has 8 nitrogen and oxygen atoms in total. The van der Waals surface area contributed by atoms with Gasteiger partial charge in [-0.1, -0.05) is 12.1 Å². The lowest BCUT2D eigenvalue weighted by atomic mass is 10.0. The summed E-state index contributed by atoms with van der Waals surface area (Å²) in [4.78, 5) is 19.3. The van der Waals surface area contributed by atoms with Gasteiger partial charge in [-0.15, -0.1) is 5.10 Å². The highest BCUT2D eigenvalue weighted by molar-refractivity contribution is 5.96. The Morgan fingerprint density at radius 1 is 1.06 bits per heavy atom. The fraction of sp³-hybridized carbons (Fsp3) is 0.174. The van der Waals surface area contributed by atoms with Crippen molar-refractivity contribution in [1.82, 2.24) is 30.1 Å². The fourth-order valence-electron chi connectivity index (χ4n) is 3.33. The van der Waals surface area contributed by atoms with E-state index < -0.39 is 0 Å². The molecule has 8 heteroatoms. The van der Waals surface area contributed by atoms with E-state index in [1.807, 2.05) is 55.5 Å². The molecular weight excluding hydrogens is 392 g/mol. The van der Waals surface area contributed by atoms with E-state index in [4.69, 9.17) is 4.74 Å². The van der Waals surface area contributed by atoms with Crippen molar-refractivity contribution in [2.75, 3.05) is 13.7 Å². The number of amides is 1. The number of benzene rings is 2. The van der Waals surface area contributed by atoms with Crippen LogP contribution < -0.4 is 4.74 Å². The van der Waals surface area contributed by atoms with Crippen LogP contribution in [0, 0.1) is 0 Å². The van der Waals surface area contributed by atoms with Crippen LogP contribution in [0.2, 0.25) is 0 Å². The van der Waals surface area contributed by atoms with Crippen LogP contribution >= 0.6 is 0 Å². The molecule has 2 aromatic carbocycles. The summed E-state index contributed by atoms with van der Waals surface area (Å²) < 4.78 is 6.90. The largest absolute Gasteiger partial charge is 0.497 e. The Bertz CT molecular complexity index is 1160. The maximum absolute atomic E-state index is 13.4. The third-order valence-corrected chi connectivity index (χ3v) is 4.97. The van der Waals surface area contributed by atoms with Gasteiger partial charge in [0.1, 0.15) is 12.1 Å². The smallest absolute Gasteiger partial charge is 0.254 e. The number of methoxy groups -OCH3 is 1. The van der Waals surface area contributed by atoms with E-state index in [1.165, 1.54) is 6.33 Å². The number of carbonyl (C=O) groups is 1. The maximum atomic E-state index is 13.4. The second-order valence-corrected chi connectivity index (χ2v) is 6.93. The second kappa shape index (κ2) is 9.17. The summed E-state index contributed by atoms with van der Waals surface area (Å²) in [5.74, 6) is 0.671. The normalized spacial score (nSPS) is 10.6. The Balaban J connectivity index is 1.75. The molecule has 0 unspecified atom stereocenters. The third kappa shape index (κ3) is 4.58. The van der Waals surface area contributed by atoms with Gasteiger partial charge in [0.15, 0.2) is 0 Å². The number of aromatic nitrogens is 5. The molecule has 0 bridgehead atoms. The Morgan fingerprint density at radius 2 is 1.90 bits per heavy atom. The van der Waals surface area contributed by atoms with Crippen LogP contribution in [0.1, 0.15) is 22.8 Å². The van der Waals surface area contributed by atoms with Crippen molar-refractivity contribution in [1.29, 1.82) is 0 Å². The van der Waals surface area contributed by atoms with Gasteiger partial charge >= 0.3 is 0 Å². The maximum Gasteiger partial charge on any atom is 0.254 e. The van der Waals surface area contributed by atoms with Gasteiger partial charge in [-0.3, -0.25) is 9.78 Å². The van der Waals surface area contributed by atoms with Gasteiger partial charge in [-0.05, 0) is 76.5 Å². The molecule has 0 saturated carbocycles. The van der Waals surface area contributed by atoms with E-state index in [9.17, 15) is 4.79 Å². The SMILES string of the molecule is CCN(Cc1ccncc1)C(=O)c1cc(-c2cccc(OC)c2)cc(-n2cnnn2)c1. The van der Waals surface area contributed by atoms with Crippen molar-refractivity contribution in [3.8, 4) is 22.6 Å². The first-order valence-corrected chi connectivity index (χ1v) is 9.89. The van der Waals surface area contributed by atoms with Crippen LogP contribution in [0.15, 0.2) is 73.3 Å². The molecule has 0 atom stereocenters. The van der Waals surface area contributed by atoms with Gasteiger partial charge in [0.2, 0.25) is 0 Å². The number of nitrogens with zero attached hydrogens (tertiary/aromatic N) is 6. The number of hydrogen-bond donors (Lipinski definition) is 0. The molecule has 0 aliphatic heterocycles. The first-order chi connectivity index (χ1) is 15.2. The van der Waals surface area contributed by atoms with Crippen molar-refractivity contribution >= 4 is 5.91 Å². The van der Waals surface area contributed by atoms with E-state index in [0.717, 1.165) is 22.4 Å². The molecule has 0 N–H and O–H groups in total. The summed E-state index contributed by atoms with van der Waals surface area (Å²) in [5, 5.41) is 11.4. The topological polar surface area (TPSA) is 86.0 Å². The van der Waals surface area contributed by atoms with Crippen molar-refractivity contribution in [3.05, 3.63) is 84.4 Å². The number of ether oxygens (including phenoxy) is 1. The summed E-state index contributed by atoms with van der Waals surface area (Å²) in [6.07, 6.45) is 4.97. The minimum Gasteiger partial charge on any atom is -0.497 e. The van der Waals surface area contributed by atoms with Crippen molar-refractivity contribution in [2.24, 2.45) is 0 Å². The second-order valence-electron chi connectivity index (χ2n) is 6.93. The van der Waals surface area contributed by atoms with Crippen LogP contribution in [0.3, 0.4) is 0 Å². The van der Waals surface area contributed by atoms with Crippen LogP contribution in [0.25, 0.3) is 16.8 Å². The van der Waals surface area contributed by atoms with E-state index in [1.54, 1.807) is 35.2 Å². The zero-order chi connectivity index (χ0) is 21.6. The molecule has 0 aliphatic carbocycles. The monoisotopic (exact) mass is 414 g/mol. The highest BCUT2D eigenvalue weighted by Crippen LogP contribution is 2.27. The third-order valence-electron chi connectivity index (χ3n) is 4.97. The van der Waals surface area contributed by atoms with Gasteiger partial charge in [0.05, 0.1) is 12.8 Å². The predicted octanol–water partition coefficient (Wildman–Crippen LogP) is 3.40. The van der Waals surface area contributed by atoms with Gasteiger partial charge in [-0.25, -0.2) is 4.68 Å². The lowest BCUT2D eigenvalue weighted by molar-refractivity contribution is 0.0752. The molecule has 1 amide bonds. The molecule has 4 aromatic rings. The Morgan fingerprint density at radius 3 is 2.61 bits per heavy atom. The van der Waals surface area contributed by atoms with E-state index in [0.29, 0.717) is 24.3 Å². The Kier molecular flexibility index (Phi) is 5.98. The van der Waals surface area contributed by atoms with Crippen molar-refractivity contribution in [2.45, 2.75) is 13.5 Å². The lowest BCUT2D eigenvalue weighted by Gasteiger charge is -2.22. The van der Waals surface area contributed by atoms with Gasteiger partial charge in [0, 0.05) is 31.0 Å². The Labute approximate surface area is 180 Å². The molecule has 0 aliphatic rings. The molecule has 0 spiro atoms. The first kappa shape index (κ1) is 20.2. The summed E-state index contributed by atoms with van der Waals surface area (Å²) in [6, 6.07) is 17.2. The minimum absolute atomic E-state index is 0.0709. The van der Waals surface area contributed by atoms with E-state index in [2.05, 4.69) is 20.5 Å². The van der Waals surface area contributed by atoms with Gasteiger partial charge in [-0.2, -0.15) is 0 Å². The summed E-state index contributed by atoms with van der Waals surface area (Å²) in [6.45, 7) is 3.04. The standard InChI is InChI=1S/C23H22N6O2/c1-3-28(15-17-7-9-24-10-8-17)23(30)20-11-19(18-5-4-6-22(14-18)31-2)12-21(13-20)29-16-25-26-27-29/h4-14,16H,3,15H2,1-2H3. The number of hydrogen-bond acceptors (Lipinski definition) is 6. The number of pyridine rings is 1. The molecular formula is C23H22N6O2. The van der Waals surface area contributed by atoms with Gasteiger partial charge < -0.3 is 9.64 Å². The minimum atomic E-state index is -0.0709. The van der Waals surface area contributed by atoms with E-state index in [-0.39, 0.29) is 5.91 Å². The zero-order valence-electron chi connectivity index (χ0n) is 17.3. The predicted molar refractivity (Wildman–Crippen MR) is 116 cm³/mol. The molecule has 0 radical (unpaired) electrons. The van der Waals surface area contributed by atoms with Crippen LogP contribution in [0.5, 0.6) is 5.75 Å². The molecule has 0 fully saturated rings. The average molecular weight is 414 g/mol. The number of rotatable bonds is 7. The molecule has 2 heterocycles. The van der Waals surface area contributed by atoms with E-state index >= 15 is 0 Å². The molecule has 0 saturated heterocycles. The molecule has 2 aromatic heterocycles. The van der Waals surface area contributed by atoms with Crippen molar-refractivity contribution < 1.29 is 9.53 Å².